The molecular weight excluding hydrogens is 406 g/mol. The summed E-state index contributed by atoms with van der Waals surface area (Å²) in [5.74, 6) is 0.504. The van der Waals surface area contributed by atoms with Crippen LogP contribution in [0.5, 0.6) is 0 Å². The largest absolute Gasteiger partial charge is 0.389 e. The van der Waals surface area contributed by atoms with Crippen molar-refractivity contribution in [1.82, 2.24) is 5.32 Å². The van der Waals surface area contributed by atoms with Crippen LogP contribution in [0, 0.1) is 5.92 Å². The molecule has 4 rings (SSSR count). The maximum atomic E-state index is 10.6. The zero-order valence-corrected chi connectivity index (χ0v) is 19.1. The molecule has 0 aliphatic heterocycles. The number of ether oxygens (including phenoxy) is 1. The summed E-state index contributed by atoms with van der Waals surface area (Å²) in [5, 5.41) is 17.3. The molecule has 0 amide bonds. The maximum Gasteiger partial charge on any atom is 0.0898 e. The van der Waals surface area contributed by atoms with Crippen molar-refractivity contribution in [3.8, 4) is 0 Å². The molecule has 1 unspecified atom stereocenters. The molecule has 3 aromatic rings. The van der Waals surface area contributed by atoms with Crippen molar-refractivity contribution in [3.63, 3.8) is 0 Å². The van der Waals surface area contributed by atoms with Gasteiger partial charge in [0.05, 0.1) is 18.8 Å². The van der Waals surface area contributed by atoms with Gasteiger partial charge in [0.15, 0.2) is 0 Å². The summed E-state index contributed by atoms with van der Waals surface area (Å²) in [6, 6.07) is 22.9. The Kier molecular flexibility index (Phi) is 6.98. The zero-order valence-electron chi connectivity index (χ0n) is 18.4. The van der Waals surface area contributed by atoms with Crippen LogP contribution in [0.4, 0.5) is 0 Å². The maximum absolute atomic E-state index is 10.6. The number of aliphatic hydroxyl groups is 1. The van der Waals surface area contributed by atoms with E-state index in [1.807, 2.05) is 24.3 Å². The van der Waals surface area contributed by atoms with E-state index in [1.54, 1.807) is 0 Å². The van der Waals surface area contributed by atoms with Crippen LogP contribution in [0.2, 0.25) is 5.02 Å². The summed E-state index contributed by atoms with van der Waals surface area (Å²) < 4.78 is 6.15. The number of fused-ring (bicyclic) bond motifs is 1. The molecule has 1 aliphatic carbocycles. The second-order valence-electron chi connectivity index (χ2n) is 9.39. The summed E-state index contributed by atoms with van der Waals surface area (Å²) in [5.41, 5.74) is 2.18. The van der Waals surface area contributed by atoms with Gasteiger partial charge in [0.2, 0.25) is 0 Å². The number of hydrogen-bond donors (Lipinski definition) is 2. The standard InChI is InChI=1S/C27H32ClNO2/c1-27(2,16-19-11-12-20-7-3-4-8-22(20)15-19)29-17-23(30)18-31-26(21-13-14-21)24-9-5-6-10-25(24)28/h3-12,15,21,23,26,29-30H,13-14,16-18H2,1-2H3/t23-,26?/m1/s1. The van der Waals surface area contributed by atoms with Gasteiger partial charge < -0.3 is 15.2 Å². The molecular formula is C27H32ClNO2. The van der Waals surface area contributed by atoms with Crippen molar-refractivity contribution in [1.29, 1.82) is 0 Å². The predicted molar refractivity (Wildman–Crippen MR) is 129 cm³/mol. The van der Waals surface area contributed by atoms with Gasteiger partial charge in [-0.1, -0.05) is 72.3 Å². The average Bonchev–Trinajstić information content (AvgIpc) is 3.59. The second kappa shape index (κ2) is 9.70. The molecule has 1 fully saturated rings. The molecule has 0 saturated heterocycles. The van der Waals surface area contributed by atoms with E-state index in [4.69, 9.17) is 16.3 Å². The van der Waals surface area contributed by atoms with Gasteiger partial charge in [0, 0.05) is 17.1 Å². The summed E-state index contributed by atoms with van der Waals surface area (Å²) in [7, 11) is 0. The number of rotatable bonds is 10. The first-order valence-corrected chi connectivity index (χ1v) is 11.6. The lowest BCUT2D eigenvalue weighted by molar-refractivity contribution is -0.0211. The first-order valence-electron chi connectivity index (χ1n) is 11.2. The molecule has 1 saturated carbocycles. The van der Waals surface area contributed by atoms with Crippen molar-refractivity contribution < 1.29 is 9.84 Å². The molecule has 3 aromatic carbocycles. The Morgan fingerprint density at radius 3 is 2.48 bits per heavy atom. The highest BCUT2D eigenvalue weighted by atomic mass is 35.5. The third kappa shape index (κ3) is 6.08. The molecule has 2 N–H and O–H groups in total. The Hall–Kier alpha value is -1.91. The summed E-state index contributed by atoms with van der Waals surface area (Å²) in [6.45, 7) is 5.13. The number of benzene rings is 3. The SMILES string of the molecule is CC(C)(Cc1ccc2ccccc2c1)NC[C@@H](O)COC(c1ccccc1Cl)C1CC1. The average molecular weight is 438 g/mol. The fourth-order valence-corrected chi connectivity index (χ4v) is 4.42. The normalized spacial score (nSPS) is 16.4. The quantitative estimate of drug-likeness (QED) is 0.413. The first kappa shape index (κ1) is 22.3. The summed E-state index contributed by atoms with van der Waals surface area (Å²) >= 11 is 6.39. The minimum absolute atomic E-state index is 0.0334. The molecule has 3 nitrogen and oxygen atoms in total. The van der Waals surface area contributed by atoms with Crippen LogP contribution in [0.25, 0.3) is 10.8 Å². The highest BCUT2D eigenvalue weighted by Gasteiger charge is 2.34. The Morgan fingerprint density at radius 1 is 1.03 bits per heavy atom. The van der Waals surface area contributed by atoms with E-state index < -0.39 is 6.10 Å². The van der Waals surface area contributed by atoms with Crippen LogP contribution in [-0.2, 0) is 11.2 Å². The first-order chi connectivity index (χ1) is 14.9. The molecule has 0 aromatic heterocycles. The highest BCUT2D eigenvalue weighted by molar-refractivity contribution is 6.31. The van der Waals surface area contributed by atoms with Crippen molar-refractivity contribution in [3.05, 3.63) is 82.9 Å². The van der Waals surface area contributed by atoms with Crippen molar-refractivity contribution in [2.24, 2.45) is 5.92 Å². The van der Waals surface area contributed by atoms with Crippen LogP contribution in [0.3, 0.4) is 0 Å². The van der Waals surface area contributed by atoms with Gasteiger partial charge in [-0.15, -0.1) is 0 Å². The van der Waals surface area contributed by atoms with Gasteiger partial charge in [0.1, 0.15) is 0 Å². The van der Waals surface area contributed by atoms with Gasteiger partial charge >= 0.3 is 0 Å². The zero-order chi connectivity index (χ0) is 21.8. The molecule has 0 heterocycles. The summed E-state index contributed by atoms with van der Waals surface area (Å²) in [6.07, 6.45) is 2.59. The van der Waals surface area contributed by atoms with E-state index in [9.17, 15) is 5.11 Å². The van der Waals surface area contributed by atoms with Crippen LogP contribution in [0.15, 0.2) is 66.7 Å². The Labute approximate surface area is 190 Å². The lowest BCUT2D eigenvalue weighted by Gasteiger charge is -2.29. The molecule has 164 valence electrons. The lowest BCUT2D eigenvalue weighted by atomic mass is 9.93. The van der Waals surface area contributed by atoms with Gasteiger partial charge in [0.25, 0.3) is 0 Å². The molecule has 1 aliphatic rings. The molecule has 0 radical (unpaired) electrons. The topological polar surface area (TPSA) is 41.5 Å². The number of hydrogen-bond acceptors (Lipinski definition) is 3. The van der Waals surface area contributed by atoms with Crippen molar-refractivity contribution >= 4 is 22.4 Å². The van der Waals surface area contributed by atoms with E-state index in [-0.39, 0.29) is 11.6 Å². The smallest absolute Gasteiger partial charge is 0.0898 e. The Bertz CT molecular complexity index is 1010. The second-order valence-corrected chi connectivity index (χ2v) is 9.80. The van der Waals surface area contributed by atoms with Gasteiger partial charge in [-0.05, 0) is 67.0 Å². The van der Waals surface area contributed by atoms with E-state index in [1.165, 1.54) is 16.3 Å². The van der Waals surface area contributed by atoms with E-state index in [0.29, 0.717) is 19.1 Å². The minimum Gasteiger partial charge on any atom is -0.389 e. The van der Waals surface area contributed by atoms with Gasteiger partial charge in [-0.25, -0.2) is 0 Å². The van der Waals surface area contributed by atoms with Crippen LogP contribution in [-0.4, -0.2) is 29.9 Å². The fraction of sp³-hybridized carbons (Fsp3) is 0.407. The minimum atomic E-state index is -0.570. The molecule has 0 spiro atoms. The predicted octanol–water partition coefficient (Wildman–Crippen LogP) is 5.93. The number of halogens is 1. The van der Waals surface area contributed by atoms with Crippen LogP contribution >= 0.6 is 11.6 Å². The number of nitrogens with one attached hydrogen (secondary N) is 1. The Morgan fingerprint density at radius 2 is 1.74 bits per heavy atom. The van der Waals surface area contributed by atoms with E-state index in [0.717, 1.165) is 29.8 Å². The Balaban J connectivity index is 1.29. The molecule has 4 heteroatoms. The molecule has 31 heavy (non-hydrogen) atoms. The number of β-amino-alcohol motifs (C(OH)–C–C–N with tert-alkyl or cyclic N) is 1. The summed E-state index contributed by atoms with van der Waals surface area (Å²) in [4.78, 5) is 0. The number of aliphatic hydroxyl groups excluding tert-OH is 1. The highest BCUT2D eigenvalue weighted by Crippen LogP contribution is 2.45. The van der Waals surface area contributed by atoms with Crippen molar-refractivity contribution in [2.45, 2.75) is 50.9 Å². The van der Waals surface area contributed by atoms with Gasteiger partial charge in [-0.2, -0.15) is 0 Å². The fourth-order valence-electron chi connectivity index (χ4n) is 4.17. The van der Waals surface area contributed by atoms with E-state index in [2.05, 4.69) is 61.6 Å². The monoisotopic (exact) mass is 437 g/mol. The van der Waals surface area contributed by atoms with E-state index >= 15 is 0 Å². The van der Waals surface area contributed by atoms with Crippen molar-refractivity contribution in [2.75, 3.05) is 13.2 Å². The third-order valence-electron chi connectivity index (χ3n) is 6.01. The lowest BCUT2D eigenvalue weighted by Crippen LogP contribution is -2.46. The van der Waals surface area contributed by atoms with Crippen LogP contribution in [0.1, 0.15) is 43.9 Å². The third-order valence-corrected chi connectivity index (χ3v) is 6.35. The van der Waals surface area contributed by atoms with Gasteiger partial charge in [-0.3, -0.25) is 0 Å². The van der Waals surface area contributed by atoms with Crippen LogP contribution < -0.4 is 5.32 Å². The molecule has 2 atom stereocenters. The molecule has 0 bridgehead atoms.